The third kappa shape index (κ3) is 4.45. The molecule has 0 aliphatic carbocycles. The second-order valence-electron chi connectivity index (χ2n) is 6.95. The summed E-state index contributed by atoms with van der Waals surface area (Å²) in [5, 5.41) is 8.36. The molecule has 30 heavy (non-hydrogen) atoms. The normalized spacial score (nSPS) is 14.0. The summed E-state index contributed by atoms with van der Waals surface area (Å²) < 4.78 is 10.6. The summed E-state index contributed by atoms with van der Waals surface area (Å²) in [7, 11) is 0. The number of para-hydroxylation sites is 2. The second-order valence-corrected chi connectivity index (χ2v) is 6.95. The van der Waals surface area contributed by atoms with Crippen LogP contribution in [-0.4, -0.2) is 37.7 Å². The molecule has 0 spiro atoms. The third-order valence-electron chi connectivity index (χ3n) is 4.80. The van der Waals surface area contributed by atoms with Gasteiger partial charge in [0, 0.05) is 19.5 Å². The Kier molecular flexibility index (Phi) is 5.69. The largest absolute Gasteiger partial charge is 0.454 e. The van der Waals surface area contributed by atoms with Gasteiger partial charge in [-0.1, -0.05) is 18.2 Å². The number of fused-ring (bicyclic) bond motifs is 2. The van der Waals surface area contributed by atoms with Gasteiger partial charge in [0.2, 0.25) is 18.6 Å². The van der Waals surface area contributed by atoms with Gasteiger partial charge >= 0.3 is 6.03 Å². The molecule has 0 saturated heterocycles. The van der Waals surface area contributed by atoms with E-state index in [1.54, 1.807) is 24.3 Å². The van der Waals surface area contributed by atoms with Crippen LogP contribution in [0.25, 0.3) is 0 Å². The van der Waals surface area contributed by atoms with Crippen LogP contribution in [0.1, 0.15) is 18.4 Å². The van der Waals surface area contributed by atoms with Crippen LogP contribution in [0.2, 0.25) is 0 Å². The van der Waals surface area contributed by atoms with Crippen molar-refractivity contribution in [2.75, 3.05) is 30.1 Å². The predicted octanol–water partition coefficient (Wildman–Crippen LogP) is 1.98. The quantitative estimate of drug-likeness (QED) is 0.631. The first-order valence-corrected chi connectivity index (χ1v) is 9.69. The summed E-state index contributed by atoms with van der Waals surface area (Å²) in [5.41, 5.74) is 2.17. The number of anilines is 2. The van der Waals surface area contributed by atoms with E-state index in [0.29, 0.717) is 42.4 Å². The van der Waals surface area contributed by atoms with E-state index in [1.807, 2.05) is 18.2 Å². The van der Waals surface area contributed by atoms with E-state index >= 15 is 0 Å². The van der Waals surface area contributed by atoms with Crippen molar-refractivity contribution in [3.05, 3.63) is 48.0 Å². The Morgan fingerprint density at radius 3 is 2.80 bits per heavy atom. The first kappa shape index (κ1) is 19.6. The molecule has 2 aromatic carbocycles. The maximum atomic E-state index is 12.5. The zero-order chi connectivity index (χ0) is 20.9. The van der Waals surface area contributed by atoms with E-state index in [0.717, 1.165) is 5.56 Å². The van der Waals surface area contributed by atoms with Crippen molar-refractivity contribution in [2.24, 2.45) is 0 Å². The maximum Gasteiger partial charge on any atom is 0.322 e. The third-order valence-corrected chi connectivity index (χ3v) is 4.80. The van der Waals surface area contributed by atoms with E-state index in [1.165, 1.54) is 4.90 Å². The van der Waals surface area contributed by atoms with Gasteiger partial charge in [-0.3, -0.25) is 14.5 Å². The highest BCUT2D eigenvalue weighted by Crippen LogP contribution is 2.32. The van der Waals surface area contributed by atoms with Gasteiger partial charge in [0.1, 0.15) is 6.54 Å². The van der Waals surface area contributed by atoms with E-state index in [2.05, 4.69) is 16.0 Å². The molecule has 4 amide bonds. The molecule has 0 unspecified atom stereocenters. The molecule has 0 bridgehead atoms. The van der Waals surface area contributed by atoms with Crippen molar-refractivity contribution in [2.45, 2.75) is 19.4 Å². The number of carbonyl (C=O) groups is 3. The van der Waals surface area contributed by atoms with E-state index in [4.69, 9.17) is 9.47 Å². The van der Waals surface area contributed by atoms with Crippen LogP contribution in [0.15, 0.2) is 42.5 Å². The number of nitrogens with one attached hydrogen (secondary N) is 3. The van der Waals surface area contributed by atoms with Gasteiger partial charge in [0.25, 0.3) is 0 Å². The summed E-state index contributed by atoms with van der Waals surface area (Å²) >= 11 is 0. The van der Waals surface area contributed by atoms with Gasteiger partial charge in [-0.2, -0.15) is 0 Å². The summed E-state index contributed by atoms with van der Waals surface area (Å²) in [6, 6.07) is 12.3. The Bertz CT molecular complexity index is 978. The van der Waals surface area contributed by atoms with E-state index in [9.17, 15) is 14.4 Å². The molecule has 0 atom stereocenters. The van der Waals surface area contributed by atoms with Crippen molar-refractivity contribution in [3.63, 3.8) is 0 Å². The average Bonchev–Trinajstić information content (AvgIpc) is 3.22. The van der Waals surface area contributed by atoms with Crippen LogP contribution in [0, 0.1) is 0 Å². The minimum absolute atomic E-state index is 0.0428. The van der Waals surface area contributed by atoms with Gasteiger partial charge in [-0.05, 0) is 36.2 Å². The monoisotopic (exact) mass is 410 g/mol. The fourth-order valence-electron chi connectivity index (χ4n) is 3.29. The molecular formula is C21H22N4O5. The zero-order valence-corrected chi connectivity index (χ0v) is 16.3. The molecule has 2 aliphatic heterocycles. The van der Waals surface area contributed by atoms with Crippen molar-refractivity contribution >= 4 is 29.2 Å². The topological polar surface area (TPSA) is 109 Å². The Morgan fingerprint density at radius 2 is 1.90 bits per heavy atom. The molecule has 2 aromatic rings. The Labute approximate surface area is 173 Å². The molecular weight excluding hydrogens is 388 g/mol. The van der Waals surface area contributed by atoms with Gasteiger partial charge in [0.15, 0.2) is 11.5 Å². The van der Waals surface area contributed by atoms with Gasteiger partial charge in [-0.25, -0.2) is 4.79 Å². The summed E-state index contributed by atoms with van der Waals surface area (Å²) in [6.45, 7) is 0.890. The smallest absolute Gasteiger partial charge is 0.322 e. The van der Waals surface area contributed by atoms with Crippen molar-refractivity contribution in [1.29, 1.82) is 0 Å². The van der Waals surface area contributed by atoms with Crippen LogP contribution in [0.3, 0.4) is 0 Å². The van der Waals surface area contributed by atoms with Crippen LogP contribution >= 0.6 is 0 Å². The molecule has 2 aliphatic rings. The molecule has 0 radical (unpaired) electrons. The highest BCUT2D eigenvalue weighted by Gasteiger charge is 2.26. The highest BCUT2D eigenvalue weighted by atomic mass is 16.7. The Morgan fingerprint density at radius 1 is 1.07 bits per heavy atom. The van der Waals surface area contributed by atoms with Gasteiger partial charge in [0.05, 0.1) is 11.4 Å². The van der Waals surface area contributed by atoms with E-state index < -0.39 is 0 Å². The fourth-order valence-corrected chi connectivity index (χ4v) is 3.29. The molecule has 0 saturated carbocycles. The molecule has 4 rings (SSSR count). The highest BCUT2D eigenvalue weighted by molar-refractivity contribution is 6.09. The summed E-state index contributed by atoms with van der Waals surface area (Å²) in [6.07, 6.45) is 0.766. The van der Waals surface area contributed by atoms with Crippen molar-refractivity contribution in [1.82, 2.24) is 10.6 Å². The number of carbonyl (C=O) groups excluding carboxylic acids is 3. The number of hydrogen-bond donors (Lipinski definition) is 3. The lowest BCUT2D eigenvalue weighted by atomic mass is 10.2. The molecule has 9 heteroatoms. The fraction of sp³-hybridized carbons (Fsp3) is 0.286. The number of urea groups is 1. The lowest BCUT2D eigenvalue weighted by Crippen LogP contribution is -2.47. The first-order valence-electron chi connectivity index (χ1n) is 9.69. The van der Waals surface area contributed by atoms with E-state index in [-0.39, 0.29) is 37.6 Å². The minimum Gasteiger partial charge on any atom is -0.454 e. The van der Waals surface area contributed by atoms with Gasteiger partial charge in [-0.15, -0.1) is 0 Å². The number of amides is 4. The number of rotatable bonds is 6. The predicted molar refractivity (Wildman–Crippen MR) is 109 cm³/mol. The molecule has 0 aromatic heterocycles. The molecule has 0 fully saturated rings. The minimum atomic E-state index is -0.363. The SMILES string of the molecule is O=C(CCCNC(=O)N1CC(=O)Nc2ccccc21)NCc1ccc2c(c1)OCO2. The average molecular weight is 410 g/mol. The standard InChI is InChI=1S/C21H22N4O5/c26-19(23-11-14-7-8-17-18(10-14)30-13-29-17)6-3-9-22-21(28)25-12-20(27)24-15-4-1-2-5-16(15)25/h1-2,4-5,7-8,10H,3,6,9,11-13H2,(H,22,28)(H,23,26)(H,24,27). The molecule has 156 valence electrons. The number of ether oxygens (including phenoxy) is 2. The zero-order valence-electron chi connectivity index (χ0n) is 16.3. The van der Waals surface area contributed by atoms with Crippen molar-refractivity contribution in [3.8, 4) is 11.5 Å². The van der Waals surface area contributed by atoms with Crippen LogP contribution in [0.5, 0.6) is 11.5 Å². The summed E-state index contributed by atoms with van der Waals surface area (Å²) in [4.78, 5) is 37.7. The van der Waals surface area contributed by atoms with Crippen LogP contribution < -0.4 is 30.3 Å². The second kappa shape index (κ2) is 8.73. The number of benzene rings is 2. The number of nitrogens with zero attached hydrogens (tertiary/aromatic N) is 1. The number of hydrogen-bond acceptors (Lipinski definition) is 5. The van der Waals surface area contributed by atoms with Crippen molar-refractivity contribution < 1.29 is 23.9 Å². The van der Waals surface area contributed by atoms with Gasteiger partial charge < -0.3 is 25.4 Å². The Hall–Kier alpha value is -3.75. The molecule has 3 N–H and O–H groups in total. The maximum absolute atomic E-state index is 12.5. The molecule has 9 nitrogen and oxygen atoms in total. The molecule has 2 heterocycles. The van der Waals surface area contributed by atoms with Crippen LogP contribution in [-0.2, 0) is 16.1 Å². The lowest BCUT2D eigenvalue weighted by Gasteiger charge is -2.29. The Balaban J connectivity index is 1.19. The first-order chi connectivity index (χ1) is 14.6. The van der Waals surface area contributed by atoms with Crippen LogP contribution in [0.4, 0.5) is 16.2 Å². The lowest BCUT2D eigenvalue weighted by molar-refractivity contribution is -0.121. The summed E-state index contributed by atoms with van der Waals surface area (Å²) in [5.74, 6) is 1.03.